The number of methoxy groups -OCH3 is 1. The van der Waals surface area contributed by atoms with E-state index < -0.39 is 5.97 Å². The molecule has 2 saturated carbocycles. The summed E-state index contributed by atoms with van der Waals surface area (Å²) in [6.07, 6.45) is 3.13. The lowest BCUT2D eigenvalue weighted by molar-refractivity contribution is -0.141. The average molecular weight is 170 g/mol. The zero-order valence-corrected chi connectivity index (χ0v) is 7.19. The molecule has 3 nitrogen and oxygen atoms in total. The summed E-state index contributed by atoms with van der Waals surface area (Å²) in [6, 6.07) is 0. The van der Waals surface area contributed by atoms with E-state index >= 15 is 0 Å². The Hall–Kier alpha value is -0.570. The first-order valence-electron chi connectivity index (χ1n) is 4.48. The van der Waals surface area contributed by atoms with Gasteiger partial charge in [-0.2, -0.15) is 0 Å². The van der Waals surface area contributed by atoms with Gasteiger partial charge in [-0.3, -0.25) is 4.79 Å². The minimum absolute atomic E-state index is 0.0971. The van der Waals surface area contributed by atoms with Gasteiger partial charge in [0.2, 0.25) is 0 Å². The highest BCUT2D eigenvalue weighted by Crippen LogP contribution is 2.50. The van der Waals surface area contributed by atoms with Crippen LogP contribution in [0.3, 0.4) is 0 Å². The van der Waals surface area contributed by atoms with Gasteiger partial charge in [0.05, 0.1) is 12.0 Å². The molecular weight excluding hydrogens is 156 g/mol. The summed E-state index contributed by atoms with van der Waals surface area (Å²) in [5.41, 5.74) is 0. The zero-order valence-electron chi connectivity index (χ0n) is 7.19. The van der Waals surface area contributed by atoms with E-state index in [-0.39, 0.29) is 5.92 Å². The van der Waals surface area contributed by atoms with Crippen molar-refractivity contribution in [3.05, 3.63) is 0 Å². The molecule has 2 rings (SSSR count). The minimum Gasteiger partial charge on any atom is -0.481 e. The lowest BCUT2D eigenvalue weighted by atomic mass is 9.73. The third-order valence-electron chi connectivity index (χ3n) is 3.41. The molecule has 0 aliphatic heterocycles. The summed E-state index contributed by atoms with van der Waals surface area (Å²) >= 11 is 0. The van der Waals surface area contributed by atoms with Gasteiger partial charge in [0.1, 0.15) is 0 Å². The monoisotopic (exact) mass is 170 g/mol. The topological polar surface area (TPSA) is 46.5 Å². The Morgan fingerprint density at radius 1 is 1.42 bits per heavy atom. The second kappa shape index (κ2) is 2.73. The van der Waals surface area contributed by atoms with Crippen LogP contribution in [0.25, 0.3) is 0 Å². The van der Waals surface area contributed by atoms with Crippen LogP contribution in [0.15, 0.2) is 0 Å². The van der Waals surface area contributed by atoms with Gasteiger partial charge in [0.25, 0.3) is 0 Å². The van der Waals surface area contributed by atoms with E-state index in [0.29, 0.717) is 17.9 Å². The van der Waals surface area contributed by atoms with Crippen molar-refractivity contribution in [3.8, 4) is 0 Å². The normalized spacial score (nSPS) is 45.1. The van der Waals surface area contributed by atoms with E-state index in [4.69, 9.17) is 9.84 Å². The fourth-order valence-corrected chi connectivity index (χ4v) is 2.63. The van der Waals surface area contributed by atoms with E-state index in [2.05, 4.69) is 0 Å². The number of hydrogen-bond donors (Lipinski definition) is 1. The molecule has 4 atom stereocenters. The van der Waals surface area contributed by atoms with Crippen LogP contribution in [0, 0.1) is 17.8 Å². The molecule has 68 valence electrons. The van der Waals surface area contributed by atoms with Crippen LogP contribution in [0.5, 0.6) is 0 Å². The molecule has 2 aliphatic rings. The number of rotatable bonds is 2. The van der Waals surface area contributed by atoms with Crippen LogP contribution >= 0.6 is 0 Å². The second-order valence-corrected chi connectivity index (χ2v) is 3.94. The summed E-state index contributed by atoms with van der Waals surface area (Å²) in [6.45, 7) is 0. The summed E-state index contributed by atoms with van der Waals surface area (Å²) in [4.78, 5) is 10.7. The third-order valence-corrected chi connectivity index (χ3v) is 3.41. The first-order chi connectivity index (χ1) is 5.72. The lowest BCUT2D eigenvalue weighted by Crippen LogP contribution is -2.38. The van der Waals surface area contributed by atoms with Gasteiger partial charge < -0.3 is 9.84 Å². The predicted octanol–water partition coefficient (Wildman–Crippen LogP) is 1.13. The van der Waals surface area contributed by atoms with Crippen molar-refractivity contribution in [2.45, 2.75) is 25.4 Å². The highest BCUT2D eigenvalue weighted by atomic mass is 16.5. The number of carbonyl (C=O) groups is 1. The molecule has 0 heterocycles. The largest absolute Gasteiger partial charge is 0.481 e. The zero-order chi connectivity index (χ0) is 8.72. The van der Waals surface area contributed by atoms with Gasteiger partial charge in [-0.1, -0.05) is 0 Å². The molecule has 0 aromatic rings. The quantitative estimate of drug-likeness (QED) is 0.675. The Kier molecular flexibility index (Phi) is 1.83. The van der Waals surface area contributed by atoms with Crippen molar-refractivity contribution in [2.75, 3.05) is 7.11 Å². The maximum Gasteiger partial charge on any atom is 0.306 e. The van der Waals surface area contributed by atoms with Crippen molar-refractivity contribution in [3.63, 3.8) is 0 Å². The molecule has 0 aromatic heterocycles. The predicted molar refractivity (Wildman–Crippen MR) is 42.8 cm³/mol. The number of ether oxygens (including phenoxy) is 1. The molecule has 3 heteroatoms. The summed E-state index contributed by atoms with van der Waals surface area (Å²) < 4.78 is 5.24. The Labute approximate surface area is 71.7 Å². The molecule has 0 radical (unpaired) electrons. The van der Waals surface area contributed by atoms with Gasteiger partial charge >= 0.3 is 5.97 Å². The molecule has 2 fully saturated rings. The average Bonchev–Trinajstić information content (AvgIpc) is 2.30. The number of fused-ring (bicyclic) bond motifs is 1. The fraction of sp³-hybridized carbons (Fsp3) is 0.889. The smallest absolute Gasteiger partial charge is 0.306 e. The van der Waals surface area contributed by atoms with Crippen LogP contribution in [0.2, 0.25) is 0 Å². The maximum absolute atomic E-state index is 10.7. The number of aliphatic carboxylic acids is 1. The lowest BCUT2D eigenvalue weighted by Gasteiger charge is -2.39. The van der Waals surface area contributed by atoms with E-state index in [1.165, 1.54) is 0 Å². The van der Waals surface area contributed by atoms with Gasteiger partial charge in [0, 0.05) is 7.11 Å². The second-order valence-electron chi connectivity index (χ2n) is 3.94. The Morgan fingerprint density at radius 2 is 2.17 bits per heavy atom. The molecule has 12 heavy (non-hydrogen) atoms. The van der Waals surface area contributed by atoms with Crippen LogP contribution in [0.4, 0.5) is 0 Å². The van der Waals surface area contributed by atoms with Crippen molar-refractivity contribution >= 4 is 5.97 Å². The van der Waals surface area contributed by atoms with E-state index in [1.54, 1.807) is 7.11 Å². The van der Waals surface area contributed by atoms with Gasteiger partial charge in [0.15, 0.2) is 0 Å². The molecule has 0 amide bonds. The van der Waals surface area contributed by atoms with Crippen molar-refractivity contribution in [2.24, 2.45) is 17.8 Å². The standard InChI is InChI=1S/C9H14O3/c1-12-8-4-5-2-6(9(10)11)3-7(5)8/h5-8H,2-4H2,1H3,(H,10,11)/t5-,6?,7-,8?/m0/s1. The highest BCUT2D eigenvalue weighted by Gasteiger charge is 2.49. The maximum atomic E-state index is 10.7. The minimum atomic E-state index is -0.626. The number of hydrogen-bond acceptors (Lipinski definition) is 2. The van der Waals surface area contributed by atoms with Crippen LogP contribution in [0.1, 0.15) is 19.3 Å². The third kappa shape index (κ3) is 1.04. The fourth-order valence-electron chi connectivity index (χ4n) is 2.63. The molecule has 0 bridgehead atoms. The van der Waals surface area contributed by atoms with E-state index in [0.717, 1.165) is 19.3 Å². The summed E-state index contributed by atoms with van der Waals surface area (Å²) in [5.74, 6) is 0.451. The Morgan fingerprint density at radius 3 is 2.75 bits per heavy atom. The Bertz CT molecular complexity index is 202. The van der Waals surface area contributed by atoms with Gasteiger partial charge in [-0.05, 0) is 31.1 Å². The molecule has 1 N–H and O–H groups in total. The first kappa shape index (κ1) is 8.05. The number of carboxylic acid groups (broad SMARTS) is 1. The van der Waals surface area contributed by atoms with Crippen LogP contribution in [-0.2, 0) is 9.53 Å². The molecule has 0 aromatic carbocycles. The van der Waals surface area contributed by atoms with Gasteiger partial charge in [-0.25, -0.2) is 0 Å². The van der Waals surface area contributed by atoms with Crippen molar-refractivity contribution in [1.82, 2.24) is 0 Å². The van der Waals surface area contributed by atoms with E-state index in [9.17, 15) is 4.79 Å². The van der Waals surface area contributed by atoms with Gasteiger partial charge in [-0.15, -0.1) is 0 Å². The number of carboxylic acids is 1. The van der Waals surface area contributed by atoms with Crippen molar-refractivity contribution in [1.29, 1.82) is 0 Å². The molecule has 0 saturated heterocycles. The molecule has 0 spiro atoms. The summed E-state index contributed by atoms with van der Waals surface area (Å²) in [5, 5.41) is 8.79. The Balaban J connectivity index is 1.94. The molecule has 2 aliphatic carbocycles. The SMILES string of the molecule is COC1C[C@@H]2CC(C(=O)O)C[C@H]12. The molecule has 2 unspecified atom stereocenters. The van der Waals surface area contributed by atoms with E-state index in [1.807, 2.05) is 0 Å². The first-order valence-corrected chi connectivity index (χ1v) is 4.48. The summed E-state index contributed by atoms with van der Waals surface area (Å²) in [7, 11) is 1.72. The van der Waals surface area contributed by atoms with Crippen molar-refractivity contribution < 1.29 is 14.6 Å². The van der Waals surface area contributed by atoms with Crippen LogP contribution in [-0.4, -0.2) is 24.3 Å². The van der Waals surface area contributed by atoms with Crippen LogP contribution < -0.4 is 0 Å². The highest BCUT2D eigenvalue weighted by molar-refractivity contribution is 5.70. The molecular formula is C9H14O3.